The summed E-state index contributed by atoms with van der Waals surface area (Å²) in [6.07, 6.45) is 9.29. The van der Waals surface area contributed by atoms with Gasteiger partial charge in [0.05, 0.1) is 17.7 Å². The van der Waals surface area contributed by atoms with E-state index in [2.05, 4.69) is 24.9 Å². The fourth-order valence-electron chi connectivity index (χ4n) is 3.88. The third kappa shape index (κ3) is 5.87. The Labute approximate surface area is 181 Å². The first-order valence-electron chi connectivity index (χ1n) is 10.8. The number of hydrogen-bond donors (Lipinski definition) is 4. The first-order valence-corrected chi connectivity index (χ1v) is 10.8. The molecule has 0 radical (unpaired) electrons. The van der Waals surface area contributed by atoms with E-state index < -0.39 is 11.6 Å². The van der Waals surface area contributed by atoms with Gasteiger partial charge in [-0.2, -0.15) is 0 Å². The first kappa shape index (κ1) is 24.0. The van der Waals surface area contributed by atoms with Crippen molar-refractivity contribution >= 4 is 5.57 Å². The number of allylic oxidation sites excluding steroid dienone is 5. The minimum absolute atomic E-state index is 0.162. The molecule has 164 valence electrons. The highest BCUT2D eigenvalue weighted by Gasteiger charge is 2.41. The second kappa shape index (κ2) is 10.6. The molecule has 2 rings (SSSR count). The molecule has 1 aliphatic heterocycles. The van der Waals surface area contributed by atoms with Gasteiger partial charge in [0.15, 0.2) is 0 Å². The second-order valence-electron chi connectivity index (χ2n) is 8.55. The second-order valence-corrected chi connectivity index (χ2v) is 8.55. The number of rotatable bonds is 9. The quantitative estimate of drug-likeness (QED) is 0.326. The lowest BCUT2D eigenvalue weighted by molar-refractivity contribution is 0.107. The molecule has 1 aromatic rings. The van der Waals surface area contributed by atoms with Crippen LogP contribution < -0.4 is 5.32 Å². The maximum Gasteiger partial charge on any atom is 0.115 e. The molecule has 4 nitrogen and oxygen atoms in total. The minimum Gasteiger partial charge on any atom is -0.508 e. The fourth-order valence-corrected chi connectivity index (χ4v) is 3.88. The molecule has 1 fully saturated rings. The third-order valence-corrected chi connectivity index (χ3v) is 6.22. The van der Waals surface area contributed by atoms with Gasteiger partial charge in [-0.1, -0.05) is 43.9 Å². The van der Waals surface area contributed by atoms with E-state index in [1.807, 2.05) is 45.0 Å². The molecular formula is C26H37NO3. The average molecular weight is 412 g/mol. The number of aliphatic hydroxyl groups is 3. The first-order chi connectivity index (χ1) is 14.2. The maximum atomic E-state index is 10.7. The SMILES string of the molecule is C=C/C=C(O)\C=C(/CCC[C@@H](C)[C@H](C)O)c1cccc(C2(C)N/C(=C/C)C[C@@H]2O)c1. The zero-order chi connectivity index (χ0) is 22.3. The molecule has 0 aliphatic carbocycles. The van der Waals surface area contributed by atoms with Gasteiger partial charge in [-0.15, -0.1) is 0 Å². The van der Waals surface area contributed by atoms with Crippen molar-refractivity contribution in [3.63, 3.8) is 0 Å². The summed E-state index contributed by atoms with van der Waals surface area (Å²) < 4.78 is 0. The van der Waals surface area contributed by atoms with Crippen LogP contribution in [-0.4, -0.2) is 27.5 Å². The van der Waals surface area contributed by atoms with Crippen LogP contribution in [0.15, 0.2) is 66.6 Å². The third-order valence-electron chi connectivity index (χ3n) is 6.22. The van der Waals surface area contributed by atoms with E-state index in [1.165, 1.54) is 0 Å². The van der Waals surface area contributed by atoms with E-state index in [4.69, 9.17) is 0 Å². The van der Waals surface area contributed by atoms with Crippen LogP contribution in [0, 0.1) is 5.92 Å². The summed E-state index contributed by atoms with van der Waals surface area (Å²) in [6.45, 7) is 11.5. The van der Waals surface area contributed by atoms with Crippen LogP contribution in [0.25, 0.3) is 5.57 Å². The summed E-state index contributed by atoms with van der Waals surface area (Å²) in [5.74, 6) is 0.390. The molecule has 30 heavy (non-hydrogen) atoms. The van der Waals surface area contributed by atoms with Gasteiger partial charge in [0.1, 0.15) is 5.76 Å². The van der Waals surface area contributed by atoms with Gasteiger partial charge < -0.3 is 20.6 Å². The zero-order valence-electron chi connectivity index (χ0n) is 18.7. The summed E-state index contributed by atoms with van der Waals surface area (Å²) in [5, 5.41) is 34.2. The number of aliphatic hydroxyl groups excluding tert-OH is 3. The Balaban J connectivity index is 2.33. The van der Waals surface area contributed by atoms with Crippen LogP contribution in [0.3, 0.4) is 0 Å². The van der Waals surface area contributed by atoms with Crippen molar-refractivity contribution in [3.05, 3.63) is 77.7 Å². The molecule has 0 saturated carbocycles. The molecule has 1 unspecified atom stereocenters. The van der Waals surface area contributed by atoms with Crippen LogP contribution in [0.1, 0.15) is 64.5 Å². The summed E-state index contributed by atoms with van der Waals surface area (Å²) in [6, 6.07) is 8.17. The molecule has 1 saturated heterocycles. The summed E-state index contributed by atoms with van der Waals surface area (Å²) >= 11 is 0. The van der Waals surface area contributed by atoms with Crippen molar-refractivity contribution in [2.75, 3.05) is 0 Å². The van der Waals surface area contributed by atoms with Gasteiger partial charge in [0, 0.05) is 12.1 Å². The number of nitrogens with one attached hydrogen (secondary N) is 1. The molecule has 4 N–H and O–H groups in total. The molecule has 0 amide bonds. The highest BCUT2D eigenvalue weighted by Crippen LogP contribution is 2.36. The smallest absolute Gasteiger partial charge is 0.115 e. The van der Waals surface area contributed by atoms with Gasteiger partial charge >= 0.3 is 0 Å². The van der Waals surface area contributed by atoms with Gasteiger partial charge in [0.2, 0.25) is 0 Å². The van der Waals surface area contributed by atoms with Gasteiger partial charge in [0.25, 0.3) is 0 Å². The summed E-state index contributed by atoms with van der Waals surface area (Å²) in [5.41, 5.74) is 3.55. The lowest BCUT2D eigenvalue weighted by atomic mass is 9.85. The Kier molecular flexibility index (Phi) is 8.51. The topological polar surface area (TPSA) is 72.7 Å². The van der Waals surface area contributed by atoms with Crippen LogP contribution in [0.5, 0.6) is 0 Å². The standard InChI is InChI=1S/C26H37NO3/c1-6-10-24(29)16-21(12-8-11-18(3)19(4)28)20-13-9-14-22(15-20)26(5)25(30)17-23(7-2)27-26/h6-7,9-10,13-16,18-19,25,27-30H,1,8,11-12,17H2,2-5H3/b21-16+,23-7+,24-10+/t18-,19+,25+,26?/m1/s1. The Morgan fingerprint density at radius 1 is 1.37 bits per heavy atom. The highest BCUT2D eigenvalue weighted by atomic mass is 16.3. The molecule has 4 heteroatoms. The molecule has 1 aromatic carbocycles. The van der Waals surface area contributed by atoms with Crippen molar-refractivity contribution in [1.29, 1.82) is 0 Å². The Hall–Kier alpha value is -2.30. The van der Waals surface area contributed by atoms with Gasteiger partial charge in [-0.3, -0.25) is 0 Å². The molecule has 0 spiro atoms. The zero-order valence-corrected chi connectivity index (χ0v) is 18.7. The van der Waals surface area contributed by atoms with E-state index in [9.17, 15) is 15.3 Å². The van der Waals surface area contributed by atoms with Gasteiger partial charge in [-0.05, 0) is 80.9 Å². The van der Waals surface area contributed by atoms with E-state index in [1.54, 1.807) is 18.2 Å². The molecule has 1 heterocycles. The lowest BCUT2D eigenvalue weighted by Crippen LogP contribution is -2.41. The highest BCUT2D eigenvalue weighted by molar-refractivity contribution is 5.68. The van der Waals surface area contributed by atoms with Crippen molar-refractivity contribution in [3.8, 4) is 0 Å². The lowest BCUT2D eigenvalue weighted by Gasteiger charge is -2.30. The maximum absolute atomic E-state index is 10.7. The Morgan fingerprint density at radius 3 is 2.70 bits per heavy atom. The fraction of sp³-hybridized carbons (Fsp3) is 0.462. The largest absolute Gasteiger partial charge is 0.508 e. The van der Waals surface area contributed by atoms with E-state index in [-0.39, 0.29) is 17.8 Å². The van der Waals surface area contributed by atoms with E-state index in [0.717, 1.165) is 41.7 Å². The number of hydrogen-bond acceptors (Lipinski definition) is 4. The minimum atomic E-state index is -0.553. The summed E-state index contributed by atoms with van der Waals surface area (Å²) in [7, 11) is 0. The molecular weight excluding hydrogens is 374 g/mol. The predicted octanol–water partition coefficient (Wildman–Crippen LogP) is 5.36. The predicted molar refractivity (Wildman–Crippen MR) is 125 cm³/mol. The van der Waals surface area contributed by atoms with E-state index >= 15 is 0 Å². The monoisotopic (exact) mass is 411 g/mol. The molecule has 0 bridgehead atoms. The van der Waals surface area contributed by atoms with Crippen LogP contribution in [0.4, 0.5) is 0 Å². The van der Waals surface area contributed by atoms with Crippen molar-refractivity contribution < 1.29 is 15.3 Å². The average Bonchev–Trinajstić information content (AvgIpc) is 3.02. The molecule has 1 aliphatic rings. The Morgan fingerprint density at radius 2 is 2.10 bits per heavy atom. The molecule has 4 atom stereocenters. The van der Waals surface area contributed by atoms with Crippen LogP contribution in [-0.2, 0) is 5.54 Å². The van der Waals surface area contributed by atoms with Crippen LogP contribution in [0.2, 0.25) is 0 Å². The van der Waals surface area contributed by atoms with E-state index in [0.29, 0.717) is 6.42 Å². The molecule has 0 aromatic heterocycles. The van der Waals surface area contributed by atoms with Crippen molar-refractivity contribution in [2.45, 2.75) is 71.1 Å². The summed E-state index contributed by atoms with van der Waals surface area (Å²) in [4.78, 5) is 0. The van der Waals surface area contributed by atoms with Gasteiger partial charge in [-0.25, -0.2) is 0 Å². The van der Waals surface area contributed by atoms with Crippen molar-refractivity contribution in [1.82, 2.24) is 5.32 Å². The van der Waals surface area contributed by atoms with Crippen molar-refractivity contribution in [2.24, 2.45) is 5.92 Å². The Bertz CT molecular complexity index is 821. The normalized spacial score (nSPS) is 25.8. The number of benzene rings is 1. The van der Waals surface area contributed by atoms with Crippen LogP contribution >= 0.6 is 0 Å².